The Morgan fingerprint density at radius 1 is 0.974 bits per heavy atom. The van der Waals surface area contributed by atoms with Gasteiger partial charge in [-0.15, -0.1) is 0 Å². The van der Waals surface area contributed by atoms with Crippen LogP contribution in [0.25, 0.3) is 0 Å². The molecule has 214 valence electrons. The summed E-state index contributed by atoms with van der Waals surface area (Å²) < 4.78 is 0. The third-order valence-corrected chi connectivity index (χ3v) is 5.69. The number of rotatable bonds is 11. The maximum Gasteiger partial charge on any atom is 0.243 e. The van der Waals surface area contributed by atoms with Crippen LogP contribution in [0.3, 0.4) is 0 Å². The molecule has 38 heavy (non-hydrogen) atoms. The molecule has 11 heteroatoms. The third-order valence-electron chi connectivity index (χ3n) is 5.69. The van der Waals surface area contributed by atoms with Gasteiger partial charge < -0.3 is 21.3 Å². The van der Waals surface area contributed by atoms with Crippen molar-refractivity contribution in [3.8, 4) is 0 Å². The molecule has 0 saturated carbocycles. The molecule has 2 rings (SSSR count). The van der Waals surface area contributed by atoms with Gasteiger partial charge in [-0.1, -0.05) is 59.8 Å². The average molecular weight is 536 g/mol. The number of hydrogen-bond donors (Lipinski definition) is 4. The maximum atomic E-state index is 12.5. The fraction of sp³-hybridized carbons (Fsp3) is 0.630. The molecule has 3 unspecified atom stereocenters. The molecule has 0 radical (unpaired) electrons. The number of imide groups is 1. The van der Waals surface area contributed by atoms with Crippen molar-refractivity contribution in [2.45, 2.75) is 85.7 Å². The Labute approximate surface area is 226 Å². The van der Waals surface area contributed by atoms with E-state index in [1.54, 1.807) is 13.8 Å². The summed E-state index contributed by atoms with van der Waals surface area (Å²) in [6.45, 7) is 10.5. The van der Waals surface area contributed by atoms with Gasteiger partial charge in [0.1, 0.15) is 12.1 Å². The Morgan fingerprint density at radius 3 is 2.11 bits per heavy atom. The molecule has 1 saturated heterocycles. The fourth-order valence-electron chi connectivity index (χ4n) is 3.83. The van der Waals surface area contributed by atoms with Gasteiger partial charge in [0.05, 0.1) is 13.1 Å². The van der Waals surface area contributed by atoms with E-state index in [0.29, 0.717) is 6.42 Å². The highest BCUT2D eigenvalue weighted by atomic mass is 16.2. The highest BCUT2D eigenvalue weighted by Gasteiger charge is 2.42. The lowest BCUT2D eigenvalue weighted by molar-refractivity contribution is -0.147. The average Bonchev–Trinajstić information content (AvgIpc) is 3.19. The van der Waals surface area contributed by atoms with Crippen LogP contribution < -0.4 is 21.3 Å². The van der Waals surface area contributed by atoms with Crippen molar-refractivity contribution in [1.82, 2.24) is 26.2 Å². The Balaban J connectivity index is 0.00000326. The van der Waals surface area contributed by atoms with E-state index in [9.17, 15) is 28.8 Å². The zero-order valence-electron chi connectivity index (χ0n) is 23.8. The predicted molar refractivity (Wildman–Crippen MR) is 145 cm³/mol. The monoisotopic (exact) mass is 535 g/mol. The van der Waals surface area contributed by atoms with E-state index in [2.05, 4.69) is 21.3 Å². The van der Waals surface area contributed by atoms with Gasteiger partial charge >= 0.3 is 0 Å². The maximum absolute atomic E-state index is 12.5. The van der Waals surface area contributed by atoms with Crippen LogP contribution in [0.4, 0.5) is 0 Å². The van der Waals surface area contributed by atoms with Crippen molar-refractivity contribution < 1.29 is 28.8 Å². The third kappa shape index (κ3) is 10.9. The van der Waals surface area contributed by atoms with Crippen molar-refractivity contribution in [1.29, 1.82) is 0 Å². The Morgan fingerprint density at radius 2 is 1.61 bits per heavy atom. The first-order chi connectivity index (χ1) is 18.2. The summed E-state index contributed by atoms with van der Waals surface area (Å²) in [5, 5.41) is 9.90. The number of allylic oxidation sites excluding steroid dienone is 3. The minimum Gasteiger partial charge on any atom is -0.357 e. The summed E-state index contributed by atoms with van der Waals surface area (Å²) in [6, 6.07) is -1.77. The van der Waals surface area contributed by atoms with Crippen LogP contribution in [0.5, 0.6) is 0 Å². The number of amides is 6. The number of nitrogens with zero attached hydrogens (tertiary/aromatic N) is 1. The van der Waals surface area contributed by atoms with Gasteiger partial charge in [-0.05, 0) is 24.8 Å². The summed E-state index contributed by atoms with van der Waals surface area (Å²) >= 11 is 0. The van der Waals surface area contributed by atoms with Gasteiger partial charge in [-0.2, -0.15) is 0 Å². The zero-order chi connectivity index (χ0) is 29.3. The second-order valence-corrected chi connectivity index (χ2v) is 8.32. The first kappa shape index (κ1) is 34.5. The quantitative estimate of drug-likeness (QED) is 0.293. The first-order valence-electron chi connectivity index (χ1n) is 13.4. The zero-order valence-corrected chi connectivity index (χ0v) is 23.8. The second-order valence-electron chi connectivity index (χ2n) is 8.32. The Bertz CT molecular complexity index is 898. The molecule has 0 bridgehead atoms. The van der Waals surface area contributed by atoms with Gasteiger partial charge in [0.25, 0.3) is 0 Å². The lowest BCUT2D eigenvalue weighted by Gasteiger charge is -2.24. The molecule has 11 nitrogen and oxygen atoms in total. The molecule has 3 atom stereocenters. The van der Waals surface area contributed by atoms with Crippen molar-refractivity contribution in [2.24, 2.45) is 5.92 Å². The van der Waals surface area contributed by atoms with E-state index >= 15 is 0 Å². The summed E-state index contributed by atoms with van der Waals surface area (Å²) in [4.78, 5) is 74.2. The van der Waals surface area contributed by atoms with Gasteiger partial charge in [-0.25, -0.2) is 0 Å². The highest BCUT2D eigenvalue weighted by Crippen LogP contribution is 2.22. The molecular formula is C27H45N5O6. The van der Waals surface area contributed by atoms with Crippen molar-refractivity contribution in [3.63, 3.8) is 0 Å². The van der Waals surface area contributed by atoms with E-state index in [-0.39, 0.29) is 25.3 Å². The van der Waals surface area contributed by atoms with Crippen LogP contribution in [0, 0.1) is 5.92 Å². The van der Waals surface area contributed by atoms with E-state index in [0.717, 1.165) is 23.3 Å². The molecule has 4 N–H and O–H groups in total. The standard InChI is InChI=1S/C23H33N5O6.2C2H6/c1-4-17(28-20(31)10-14(2)23(28)34)22(33)26-12-18(29)25-13-19(30)27-16(21(32)24-3)11-15-8-6-5-7-9-15;2*1-2/h6,8-9,14,16-17H,4-5,7,10-13H2,1-3H3,(H,24,32)(H,25,29)(H,26,33)(H,27,30);2*1-2H3. The molecule has 1 aliphatic heterocycles. The van der Waals surface area contributed by atoms with Crippen molar-refractivity contribution in [2.75, 3.05) is 20.1 Å². The molecule has 2 aliphatic rings. The van der Waals surface area contributed by atoms with Crippen LogP contribution >= 0.6 is 0 Å². The van der Waals surface area contributed by atoms with Crippen molar-refractivity contribution in [3.05, 3.63) is 23.8 Å². The predicted octanol–water partition coefficient (Wildman–Crippen LogP) is 1.34. The Hall–Kier alpha value is -3.50. The number of carbonyl (C=O) groups is 6. The van der Waals surface area contributed by atoms with Crippen LogP contribution in [-0.4, -0.2) is 72.6 Å². The minimum atomic E-state index is -0.988. The molecule has 6 amide bonds. The van der Waals surface area contributed by atoms with Gasteiger partial charge in [0.15, 0.2) is 0 Å². The minimum absolute atomic E-state index is 0.0584. The molecule has 1 fully saturated rings. The summed E-state index contributed by atoms with van der Waals surface area (Å²) in [5.74, 6) is -3.43. The van der Waals surface area contributed by atoms with Crippen LogP contribution in [0.2, 0.25) is 0 Å². The second kappa shape index (κ2) is 18.7. The summed E-state index contributed by atoms with van der Waals surface area (Å²) in [6.07, 6.45) is 8.35. The Kier molecular flexibility index (Phi) is 17.0. The lowest BCUT2D eigenvalue weighted by atomic mass is 9.99. The van der Waals surface area contributed by atoms with Gasteiger partial charge in [0.2, 0.25) is 35.4 Å². The molecule has 0 spiro atoms. The SMILES string of the molecule is CC.CC.CCC(C(=O)NCC(=O)NCC(=O)NC(CC1=CCCC=C1)C(=O)NC)N1C(=O)CC(C)C1=O. The normalized spacial score (nSPS) is 17.5. The summed E-state index contributed by atoms with van der Waals surface area (Å²) in [7, 11) is 1.48. The highest BCUT2D eigenvalue weighted by molar-refractivity contribution is 6.07. The number of likely N-dealkylation sites (N-methyl/N-ethyl adjacent to an activating group) is 1. The first-order valence-corrected chi connectivity index (χ1v) is 13.4. The molecule has 1 aliphatic carbocycles. The number of carbonyl (C=O) groups excluding carboxylic acids is 6. The molecule has 0 aromatic heterocycles. The fourth-order valence-corrected chi connectivity index (χ4v) is 3.83. The molecule has 1 heterocycles. The lowest BCUT2D eigenvalue weighted by Crippen LogP contribution is -2.52. The van der Waals surface area contributed by atoms with E-state index in [1.165, 1.54) is 7.05 Å². The van der Waals surface area contributed by atoms with Gasteiger partial charge in [0, 0.05) is 25.8 Å². The topological polar surface area (TPSA) is 154 Å². The van der Waals surface area contributed by atoms with Crippen LogP contribution in [-0.2, 0) is 28.8 Å². The van der Waals surface area contributed by atoms with E-state index in [1.807, 2.05) is 45.9 Å². The smallest absolute Gasteiger partial charge is 0.243 e. The van der Waals surface area contributed by atoms with Crippen molar-refractivity contribution >= 4 is 35.4 Å². The number of likely N-dealkylation sites (tertiary alicyclic amines) is 1. The largest absolute Gasteiger partial charge is 0.357 e. The number of hydrogen-bond acceptors (Lipinski definition) is 6. The van der Waals surface area contributed by atoms with E-state index < -0.39 is 54.1 Å². The van der Waals surface area contributed by atoms with E-state index in [4.69, 9.17) is 0 Å². The molecular weight excluding hydrogens is 490 g/mol. The van der Waals surface area contributed by atoms with Crippen LogP contribution in [0.1, 0.15) is 73.6 Å². The van der Waals surface area contributed by atoms with Gasteiger partial charge in [-0.3, -0.25) is 33.7 Å². The number of nitrogens with one attached hydrogen (secondary N) is 4. The molecule has 0 aromatic carbocycles. The van der Waals surface area contributed by atoms with Crippen LogP contribution in [0.15, 0.2) is 23.8 Å². The molecule has 0 aromatic rings. The summed E-state index contributed by atoms with van der Waals surface area (Å²) in [5.41, 5.74) is 0.946.